The summed E-state index contributed by atoms with van der Waals surface area (Å²) < 4.78 is 25.0. The van der Waals surface area contributed by atoms with Crippen molar-refractivity contribution in [1.82, 2.24) is 0 Å². The number of hydrogen-bond donors (Lipinski definition) is 2. The molecule has 0 saturated heterocycles. The standard InChI is InChI=1S/C14H22N2O2S/c1-3-11-6-4-9-14(11)15-12-7-5-8-13(10-12)16-19(2,17)18/h5,7-8,10-11,14-16H,3-4,6,9H2,1-2H3. The molecule has 0 spiro atoms. The zero-order valence-electron chi connectivity index (χ0n) is 11.5. The van der Waals surface area contributed by atoms with Crippen molar-refractivity contribution in [3.8, 4) is 0 Å². The van der Waals surface area contributed by atoms with E-state index in [1.165, 1.54) is 25.7 Å². The Morgan fingerprint density at radius 2 is 2.00 bits per heavy atom. The molecule has 4 nitrogen and oxygen atoms in total. The molecule has 1 fully saturated rings. The SMILES string of the molecule is CCC1CCCC1Nc1cccc(NS(C)(=O)=O)c1. The van der Waals surface area contributed by atoms with Crippen LogP contribution in [0.4, 0.5) is 11.4 Å². The summed E-state index contributed by atoms with van der Waals surface area (Å²) in [6.07, 6.45) is 6.12. The van der Waals surface area contributed by atoms with E-state index in [4.69, 9.17) is 0 Å². The summed E-state index contributed by atoms with van der Waals surface area (Å²) >= 11 is 0. The second-order valence-corrected chi connectivity index (χ2v) is 7.05. The Kier molecular flexibility index (Phi) is 4.34. The first-order valence-corrected chi connectivity index (χ1v) is 8.71. The normalized spacial score (nSPS) is 23.3. The fourth-order valence-electron chi connectivity index (χ4n) is 2.82. The van der Waals surface area contributed by atoms with Crippen molar-refractivity contribution in [2.24, 2.45) is 5.92 Å². The second-order valence-electron chi connectivity index (χ2n) is 5.31. The van der Waals surface area contributed by atoms with Crippen molar-refractivity contribution in [2.75, 3.05) is 16.3 Å². The molecule has 106 valence electrons. The number of rotatable bonds is 5. The van der Waals surface area contributed by atoms with Crippen molar-refractivity contribution < 1.29 is 8.42 Å². The van der Waals surface area contributed by atoms with Crippen molar-refractivity contribution in [1.29, 1.82) is 0 Å². The molecular formula is C14H22N2O2S. The zero-order valence-corrected chi connectivity index (χ0v) is 12.3. The van der Waals surface area contributed by atoms with Gasteiger partial charge < -0.3 is 5.32 Å². The largest absolute Gasteiger partial charge is 0.382 e. The summed E-state index contributed by atoms with van der Waals surface area (Å²) in [5.74, 6) is 0.728. The fraction of sp³-hybridized carbons (Fsp3) is 0.571. The molecule has 1 aliphatic rings. The van der Waals surface area contributed by atoms with E-state index >= 15 is 0 Å². The van der Waals surface area contributed by atoms with Crippen LogP contribution in [0.3, 0.4) is 0 Å². The number of anilines is 2. The Morgan fingerprint density at radius 1 is 1.26 bits per heavy atom. The monoisotopic (exact) mass is 282 g/mol. The maximum Gasteiger partial charge on any atom is 0.229 e. The van der Waals surface area contributed by atoms with Crippen LogP contribution in [0.15, 0.2) is 24.3 Å². The molecule has 0 aliphatic heterocycles. The van der Waals surface area contributed by atoms with Gasteiger partial charge in [-0.3, -0.25) is 4.72 Å². The summed E-state index contributed by atoms with van der Waals surface area (Å²) in [7, 11) is -3.21. The summed E-state index contributed by atoms with van der Waals surface area (Å²) in [6.45, 7) is 2.23. The van der Waals surface area contributed by atoms with Gasteiger partial charge in [0.05, 0.1) is 11.9 Å². The van der Waals surface area contributed by atoms with E-state index in [0.29, 0.717) is 11.7 Å². The van der Waals surface area contributed by atoms with Crippen LogP contribution in [0.25, 0.3) is 0 Å². The highest BCUT2D eigenvalue weighted by molar-refractivity contribution is 7.92. The van der Waals surface area contributed by atoms with Gasteiger partial charge in [0.1, 0.15) is 0 Å². The highest BCUT2D eigenvalue weighted by atomic mass is 32.2. The summed E-state index contributed by atoms with van der Waals surface area (Å²) in [6, 6.07) is 7.98. The van der Waals surface area contributed by atoms with E-state index < -0.39 is 10.0 Å². The van der Waals surface area contributed by atoms with Gasteiger partial charge in [-0.05, 0) is 37.0 Å². The predicted molar refractivity (Wildman–Crippen MR) is 80.0 cm³/mol. The molecule has 2 rings (SSSR count). The number of sulfonamides is 1. The molecule has 0 aromatic heterocycles. The fourth-order valence-corrected chi connectivity index (χ4v) is 3.37. The van der Waals surface area contributed by atoms with Gasteiger partial charge in [0, 0.05) is 11.7 Å². The van der Waals surface area contributed by atoms with Gasteiger partial charge in [0.15, 0.2) is 0 Å². The number of benzene rings is 1. The zero-order chi connectivity index (χ0) is 13.9. The molecule has 2 atom stereocenters. The van der Waals surface area contributed by atoms with Gasteiger partial charge >= 0.3 is 0 Å². The number of nitrogens with one attached hydrogen (secondary N) is 2. The van der Waals surface area contributed by atoms with Crippen LogP contribution in [0.2, 0.25) is 0 Å². The van der Waals surface area contributed by atoms with Gasteiger partial charge in [-0.1, -0.05) is 25.8 Å². The quantitative estimate of drug-likeness (QED) is 0.872. The highest BCUT2D eigenvalue weighted by Crippen LogP contribution is 2.31. The van der Waals surface area contributed by atoms with Crippen LogP contribution in [0.5, 0.6) is 0 Å². The van der Waals surface area contributed by atoms with Crippen LogP contribution in [0.1, 0.15) is 32.6 Å². The lowest BCUT2D eigenvalue weighted by Gasteiger charge is -2.21. The first-order valence-electron chi connectivity index (χ1n) is 6.82. The molecule has 2 unspecified atom stereocenters. The van der Waals surface area contributed by atoms with Crippen LogP contribution in [-0.2, 0) is 10.0 Å². The van der Waals surface area contributed by atoms with E-state index in [1.54, 1.807) is 6.07 Å². The lowest BCUT2D eigenvalue weighted by Crippen LogP contribution is -2.23. The molecule has 0 radical (unpaired) electrons. The molecule has 1 aromatic rings. The van der Waals surface area contributed by atoms with Gasteiger partial charge in [0.2, 0.25) is 10.0 Å². The molecule has 0 amide bonds. The molecular weight excluding hydrogens is 260 g/mol. The maximum absolute atomic E-state index is 11.2. The molecule has 19 heavy (non-hydrogen) atoms. The molecule has 1 saturated carbocycles. The predicted octanol–water partition coefficient (Wildman–Crippen LogP) is 3.05. The molecule has 1 aliphatic carbocycles. The van der Waals surface area contributed by atoms with E-state index in [2.05, 4.69) is 17.0 Å². The first kappa shape index (κ1) is 14.2. The molecule has 2 N–H and O–H groups in total. The summed E-state index contributed by atoms with van der Waals surface area (Å²) in [5.41, 5.74) is 1.59. The van der Waals surface area contributed by atoms with Crippen LogP contribution >= 0.6 is 0 Å². The summed E-state index contributed by atoms with van der Waals surface area (Å²) in [5, 5.41) is 3.53. The Labute approximate surface area is 115 Å². The Balaban J connectivity index is 2.07. The molecule has 1 aromatic carbocycles. The van der Waals surface area contributed by atoms with Crippen LogP contribution in [0, 0.1) is 5.92 Å². The average Bonchev–Trinajstić information content (AvgIpc) is 2.74. The van der Waals surface area contributed by atoms with Crippen LogP contribution < -0.4 is 10.0 Å². The number of hydrogen-bond acceptors (Lipinski definition) is 3. The van der Waals surface area contributed by atoms with Gasteiger partial charge in [-0.2, -0.15) is 0 Å². The van der Waals surface area contributed by atoms with E-state index in [9.17, 15) is 8.42 Å². The van der Waals surface area contributed by atoms with Crippen molar-refractivity contribution in [2.45, 2.75) is 38.6 Å². The van der Waals surface area contributed by atoms with Gasteiger partial charge in [-0.15, -0.1) is 0 Å². The molecule has 5 heteroatoms. The molecule has 0 bridgehead atoms. The van der Waals surface area contributed by atoms with Gasteiger partial charge in [0.25, 0.3) is 0 Å². The van der Waals surface area contributed by atoms with Crippen LogP contribution in [-0.4, -0.2) is 20.7 Å². The maximum atomic E-state index is 11.2. The first-order chi connectivity index (χ1) is 8.98. The minimum absolute atomic E-state index is 0.512. The molecule has 0 heterocycles. The minimum Gasteiger partial charge on any atom is -0.382 e. The lowest BCUT2D eigenvalue weighted by molar-refractivity contribution is 0.489. The summed E-state index contributed by atoms with van der Waals surface area (Å²) in [4.78, 5) is 0. The second kappa shape index (κ2) is 5.82. The minimum atomic E-state index is -3.21. The van der Waals surface area contributed by atoms with E-state index in [1.807, 2.05) is 18.2 Å². The van der Waals surface area contributed by atoms with Crippen molar-refractivity contribution in [3.05, 3.63) is 24.3 Å². The van der Waals surface area contributed by atoms with E-state index in [0.717, 1.165) is 17.9 Å². The lowest BCUT2D eigenvalue weighted by atomic mass is 10.0. The van der Waals surface area contributed by atoms with Crippen molar-refractivity contribution >= 4 is 21.4 Å². The smallest absolute Gasteiger partial charge is 0.229 e. The van der Waals surface area contributed by atoms with Gasteiger partial charge in [-0.25, -0.2) is 8.42 Å². The Morgan fingerprint density at radius 3 is 2.68 bits per heavy atom. The highest BCUT2D eigenvalue weighted by Gasteiger charge is 2.25. The third kappa shape index (κ3) is 4.13. The third-order valence-corrected chi connectivity index (χ3v) is 4.31. The Bertz CT molecular complexity index is 528. The van der Waals surface area contributed by atoms with Crippen molar-refractivity contribution in [3.63, 3.8) is 0 Å². The average molecular weight is 282 g/mol. The third-order valence-electron chi connectivity index (χ3n) is 3.70. The Hall–Kier alpha value is -1.23. The topological polar surface area (TPSA) is 58.2 Å². The van der Waals surface area contributed by atoms with E-state index in [-0.39, 0.29) is 0 Å².